The molecule has 0 radical (unpaired) electrons. The van der Waals surface area contributed by atoms with E-state index in [9.17, 15) is 0 Å². The van der Waals surface area contributed by atoms with Gasteiger partial charge in [0.25, 0.3) is 0 Å². The average Bonchev–Trinajstić information content (AvgIpc) is 2.88. The van der Waals surface area contributed by atoms with Gasteiger partial charge in [-0.2, -0.15) is 0 Å². The summed E-state index contributed by atoms with van der Waals surface area (Å²) in [6, 6.07) is 1.13. The fourth-order valence-electron chi connectivity index (χ4n) is 2.08. The van der Waals surface area contributed by atoms with Crippen LogP contribution in [0, 0.1) is 5.92 Å². The summed E-state index contributed by atoms with van der Waals surface area (Å²) < 4.78 is 5.36. The maximum absolute atomic E-state index is 5.95. The Balaban J connectivity index is 1.80. The largest absolute Gasteiger partial charge is 0.379 e. The molecule has 1 saturated carbocycles. The molecule has 0 aromatic carbocycles. The van der Waals surface area contributed by atoms with Crippen molar-refractivity contribution in [3.8, 4) is 0 Å². The monoisotopic (exact) mass is 184 g/mol. The molecule has 2 rings (SSSR count). The molecular formula is C10H20N2O. The summed E-state index contributed by atoms with van der Waals surface area (Å²) in [5.74, 6) is 0.570. The van der Waals surface area contributed by atoms with Gasteiger partial charge in [-0.05, 0) is 19.4 Å². The topological polar surface area (TPSA) is 38.5 Å². The zero-order valence-corrected chi connectivity index (χ0v) is 8.41. The molecule has 0 bridgehead atoms. The van der Waals surface area contributed by atoms with Gasteiger partial charge >= 0.3 is 0 Å². The summed E-state index contributed by atoms with van der Waals surface area (Å²) in [7, 11) is 0. The summed E-state index contributed by atoms with van der Waals surface area (Å²) >= 11 is 0. The smallest absolute Gasteiger partial charge is 0.0621 e. The molecule has 1 heterocycles. The average molecular weight is 184 g/mol. The highest BCUT2D eigenvalue weighted by atomic mass is 16.5. The first kappa shape index (κ1) is 9.44. The van der Waals surface area contributed by atoms with Crippen molar-refractivity contribution in [1.82, 2.24) is 4.90 Å². The Labute approximate surface area is 80.2 Å². The lowest BCUT2D eigenvalue weighted by molar-refractivity contribution is 0.166. The van der Waals surface area contributed by atoms with Crippen molar-refractivity contribution >= 4 is 0 Å². The van der Waals surface area contributed by atoms with Crippen LogP contribution in [0.4, 0.5) is 0 Å². The molecule has 2 atom stereocenters. The van der Waals surface area contributed by atoms with Crippen LogP contribution >= 0.6 is 0 Å². The van der Waals surface area contributed by atoms with E-state index in [0.717, 1.165) is 32.3 Å². The van der Waals surface area contributed by atoms with E-state index in [1.54, 1.807) is 0 Å². The SMILES string of the molecule is CCN(CC1COCC1N)C1CC1. The van der Waals surface area contributed by atoms with E-state index in [1.165, 1.54) is 12.8 Å². The second-order valence-corrected chi connectivity index (χ2v) is 4.28. The van der Waals surface area contributed by atoms with Crippen molar-refractivity contribution < 1.29 is 4.74 Å². The first-order valence-electron chi connectivity index (χ1n) is 5.38. The van der Waals surface area contributed by atoms with Crippen LogP contribution in [0.5, 0.6) is 0 Å². The standard InChI is InChI=1S/C10H20N2O/c1-2-12(9-3-4-9)5-8-6-13-7-10(8)11/h8-10H,2-7,11H2,1H3. The lowest BCUT2D eigenvalue weighted by Gasteiger charge is -2.24. The van der Waals surface area contributed by atoms with Gasteiger partial charge in [0.05, 0.1) is 13.2 Å². The van der Waals surface area contributed by atoms with Crippen LogP contribution in [0.2, 0.25) is 0 Å². The van der Waals surface area contributed by atoms with Gasteiger partial charge < -0.3 is 15.4 Å². The van der Waals surface area contributed by atoms with Gasteiger partial charge in [-0.15, -0.1) is 0 Å². The maximum Gasteiger partial charge on any atom is 0.0621 e. The second kappa shape index (κ2) is 3.95. The summed E-state index contributed by atoms with van der Waals surface area (Å²) in [6.07, 6.45) is 2.77. The Morgan fingerprint density at radius 2 is 2.15 bits per heavy atom. The third-order valence-corrected chi connectivity index (χ3v) is 3.19. The first-order valence-corrected chi connectivity index (χ1v) is 5.38. The minimum Gasteiger partial charge on any atom is -0.379 e. The van der Waals surface area contributed by atoms with Crippen molar-refractivity contribution in [2.45, 2.75) is 31.8 Å². The van der Waals surface area contributed by atoms with Crippen LogP contribution < -0.4 is 5.73 Å². The normalized spacial score (nSPS) is 34.4. The lowest BCUT2D eigenvalue weighted by atomic mass is 10.0. The van der Waals surface area contributed by atoms with Crippen molar-refractivity contribution in [3.63, 3.8) is 0 Å². The molecule has 0 amide bonds. The molecule has 3 nitrogen and oxygen atoms in total. The fraction of sp³-hybridized carbons (Fsp3) is 1.00. The van der Waals surface area contributed by atoms with E-state index in [2.05, 4.69) is 11.8 Å². The van der Waals surface area contributed by atoms with Crippen LogP contribution in [0.1, 0.15) is 19.8 Å². The highest BCUT2D eigenvalue weighted by Crippen LogP contribution is 2.28. The molecule has 3 heteroatoms. The molecule has 1 saturated heterocycles. The zero-order valence-electron chi connectivity index (χ0n) is 8.41. The molecule has 2 N–H and O–H groups in total. The van der Waals surface area contributed by atoms with Gasteiger partial charge in [0, 0.05) is 24.5 Å². The molecular weight excluding hydrogens is 164 g/mol. The number of hydrogen-bond donors (Lipinski definition) is 1. The van der Waals surface area contributed by atoms with Crippen molar-refractivity contribution in [2.75, 3.05) is 26.3 Å². The minimum absolute atomic E-state index is 0.271. The molecule has 2 aliphatic rings. The Bertz CT molecular complexity index is 170. The summed E-state index contributed by atoms with van der Waals surface area (Å²) in [4.78, 5) is 2.55. The Morgan fingerprint density at radius 1 is 1.38 bits per heavy atom. The summed E-state index contributed by atoms with van der Waals surface area (Å²) in [5, 5.41) is 0. The first-order chi connectivity index (χ1) is 6.31. The molecule has 1 aliphatic heterocycles. The van der Waals surface area contributed by atoms with E-state index in [4.69, 9.17) is 10.5 Å². The lowest BCUT2D eigenvalue weighted by Crippen LogP contribution is -2.39. The molecule has 13 heavy (non-hydrogen) atoms. The van der Waals surface area contributed by atoms with Crippen molar-refractivity contribution in [2.24, 2.45) is 11.7 Å². The summed E-state index contributed by atoms with van der Waals surface area (Å²) in [6.45, 7) is 6.16. The number of hydrogen-bond acceptors (Lipinski definition) is 3. The van der Waals surface area contributed by atoms with Crippen LogP contribution in [0.25, 0.3) is 0 Å². The predicted octanol–water partition coefficient (Wildman–Crippen LogP) is 0.444. The number of ether oxygens (including phenoxy) is 1. The highest BCUT2D eigenvalue weighted by Gasteiger charge is 2.32. The molecule has 0 spiro atoms. The third kappa shape index (κ3) is 2.22. The Hall–Kier alpha value is -0.120. The molecule has 2 fully saturated rings. The van der Waals surface area contributed by atoms with Crippen molar-refractivity contribution in [3.05, 3.63) is 0 Å². The van der Waals surface area contributed by atoms with Gasteiger partial charge in [-0.25, -0.2) is 0 Å². The zero-order chi connectivity index (χ0) is 9.26. The predicted molar refractivity (Wildman–Crippen MR) is 52.6 cm³/mol. The number of nitrogens with zero attached hydrogens (tertiary/aromatic N) is 1. The fourth-order valence-corrected chi connectivity index (χ4v) is 2.08. The Morgan fingerprint density at radius 3 is 2.62 bits per heavy atom. The quantitative estimate of drug-likeness (QED) is 0.689. The Kier molecular flexibility index (Phi) is 2.86. The minimum atomic E-state index is 0.271. The van der Waals surface area contributed by atoms with Gasteiger partial charge in [0.1, 0.15) is 0 Å². The molecule has 0 aromatic heterocycles. The van der Waals surface area contributed by atoms with Crippen molar-refractivity contribution in [1.29, 1.82) is 0 Å². The van der Waals surface area contributed by atoms with Gasteiger partial charge in [0.15, 0.2) is 0 Å². The molecule has 1 aliphatic carbocycles. The van der Waals surface area contributed by atoms with Crippen LogP contribution in [0.15, 0.2) is 0 Å². The van der Waals surface area contributed by atoms with Crippen LogP contribution in [-0.2, 0) is 4.74 Å². The molecule has 0 aromatic rings. The number of rotatable bonds is 4. The van der Waals surface area contributed by atoms with E-state index in [-0.39, 0.29) is 6.04 Å². The number of nitrogens with two attached hydrogens (primary N) is 1. The van der Waals surface area contributed by atoms with E-state index >= 15 is 0 Å². The van der Waals surface area contributed by atoms with Crippen LogP contribution in [-0.4, -0.2) is 43.3 Å². The van der Waals surface area contributed by atoms with E-state index in [0.29, 0.717) is 5.92 Å². The molecule has 76 valence electrons. The highest BCUT2D eigenvalue weighted by molar-refractivity contribution is 4.88. The van der Waals surface area contributed by atoms with E-state index < -0.39 is 0 Å². The second-order valence-electron chi connectivity index (χ2n) is 4.28. The van der Waals surface area contributed by atoms with Gasteiger partial charge in [-0.1, -0.05) is 6.92 Å². The van der Waals surface area contributed by atoms with Gasteiger partial charge in [-0.3, -0.25) is 0 Å². The van der Waals surface area contributed by atoms with E-state index in [1.807, 2.05) is 0 Å². The molecule has 2 unspecified atom stereocenters. The maximum atomic E-state index is 5.95. The van der Waals surface area contributed by atoms with Crippen LogP contribution in [0.3, 0.4) is 0 Å². The third-order valence-electron chi connectivity index (χ3n) is 3.19. The van der Waals surface area contributed by atoms with Gasteiger partial charge in [0.2, 0.25) is 0 Å². The summed E-state index contributed by atoms with van der Waals surface area (Å²) in [5.41, 5.74) is 5.95.